The van der Waals surface area contributed by atoms with Crippen LogP contribution in [0.25, 0.3) is 0 Å². The zero-order chi connectivity index (χ0) is 13.1. The van der Waals surface area contributed by atoms with Crippen LogP contribution >= 0.6 is 11.6 Å². The highest BCUT2D eigenvalue weighted by Gasteiger charge is 2.30. The summed E-state index contributed by atoms with van der Waals surface area (Å²) in [7, 11) is 0. The first-order valence-corrected chi connectivity index (χ1v) is 6.53. The van der Waals surface area contributed by atoms with Crippen molar-refractivity contribution in [2.45, 2.75) is 26.7 Å². The number of amides is 1. The maximum Gasteiger partial charge on any atom is 0.212 e. The first kappa shape index (κ1) is 13.1. The molecule has 1 aliphatic heterocycles. The summed E-state index contributed by atoms with van der Waals surface area (Å²) in [6, 6.07) is 0. The Morgan fingerprint density at radius 3 is 2.78 bits per heavy atom. The number of rotatable bonds is 3. The van der Waals surface area contributed by atoms with E-state index in [-0.39, 0.29) is 0 Å². The maximum atomic E-state index is 10.5. The van der Waals surface area contributed by atoms with Crippen LogP contribution in [0.5, 0.6) is 0 Å². The van der Waals surface area contributed by atoms with Gasteiger partial charge in [-0.2, -0.15) is 0 Å². The van der Waals surface area contributed by atoms with Gasteiger partial charge in [-0.3, -0.25) is 4.79 Å². The number of halogens is 1. The molecule has 2 rings (SSSR count). The van der Waals surface area contributed by atoms with Crippen molar-refractivity contribution in [2.75, 3.05) is 0 Å². The Bertz CT molecular complexity index is 474. The molecule has 1 N–H and O–H groups in total. The second kappa shape index (κ2) is 5.53. The third-order valence-electron chi connectivity index (χ3n) is 3.56. The molecule has 0 aromatic rings. The Morgan fingerprint density at radius 1 is 1.44 bits per heavy atom. The van der Waals surface area contributed by atoms with Crippen molar-refractivity contribution in [3.05, 3.63) is 34.2 Å². The molecule has 2 atom stereocenters. The van der Waals surface area contributed by atoms with E-state index in [1.165, 1.54) is 6.42 Å². The lowest BCUT2D eigenvalue weighted by molar-refractivity contribution is -0.108. The van der Waals surface area contributed by atoms with E-state index >= 15 is 0 Å². The van der Waals surface area contributed by atoms with Crippen LogP contribution in [0.3, 0.4) is 0 Å². The third kappa shape index (κ3) is 2.72. The van der Waals surface area contributed by atoms with E-state index in [2.05, 4.69) is 17.2 Å². The summed E-state index contributed by atoms with van der Waals surface area (Å²) < 4.78 is 0. The van der Waals surface area contributed by atoms with Gasteiger partial charge in [-0.05, 0) is 54.9 Å². The molecule has 1 aliphatic carbocycles. The summed E-state index contributed by atoms with van der Waals surface area (Å²) in [6.45, 7) is 4.17. The molecule has 4 heteroatoms. The van der Waals surface area contributed by atoms with Gasteiger partial charge in [-0.25, -0.2) is 4.99 Å². The van der Waals surface area contributed by atoms with E-state index in [4.69, 9.17) is 11.6 Å². The lowest BCUT2D eigenvalue weighted by Crippen LogP contribution is -2.26. The van der Waals surface area contributed by atoms with Crippen LogP contribution in [0.2, 0.25) is 0 Å². The third-order valence-corrected chi connectivity index (χ3v) is 3.89. The highest BCUT2D eigenvalue weighted by molar-refractivity contribution is 6.33. The number of nitrogens with zero attached hydrogens (tertiary/aromatic N) is 1. The van der Waals surface area contributed by atoms with Gasteiger partial charge in [-0.15, -0.1) is 0 Å². The van der Waals surface area contributed by atoms with Gasteiger partial charge in [-0.1, -0.05) is 18.5 Å². The zero-order valence-electron chi connectivity index (χ0n) is 10.6. The largest absolute Gasteiger partial charge is 0.313 e. The molecular weight excluding hydrogens is 248 g/mol. The fourth-order valence-electron chi connectivity index (χ4n) is 2.32. The van der Waals surface area contributed by atoms with Crippen molar-refractivity contribution in [3.63, 3.8) is 0 Å². The van der Waals surface area contributed by atoms with Gasteiger partial charge in [0.1, 0.15) is 5.82 Å². The lowest BCUT2D eigenvalue weighted by Gasteiger charge is -2.35. The number of carbonyl (C=O) groups is 1. The lowest BCUT2D eigenvalue weighted by atomic mass is 9.71. The molecule has 0 aromatic carbocycles. The van der Waals surface area contributed by atoms with Crippen molar-refractivity contribution < 1.29 is 4.79 Å². The van der Waals surface area contributed by atoms with E-state index in [0.717, 1.165) is 22.6 Å². The Hall–Kier alpha value is -1.35. The van der Waals surface area contributed by atoms with Gasteiger partial charge in [0, 0.05) is 11.2 Å². The molecule has 1 fully saturated rings. The number of hydrogen-bond donors (Lipinski definition) is 1. The van der Waals surface area contributed by atoms with E-state index in [1.54, 1.807) is 12.3 Å². The topological polar surface area (TPSA) is 41.5 Å². The highest BCUT2D eigenvalue weighted by Crippen LogP contribution is 2.40. The number of carbonyl (C=O) groups excluding carboxylic acids is 1. The molecule has 0 saturated heterocycles. The van der Waals surface area contributed by atoms with Crippen molar-refractivity contribution in [1.82, 2.24) is 5.32 Å². The van der Waals surface area contributed by atoms with Crippen LogP contribution in [-0.2, 0) is 4.79 Å². The maximum absolute atomic E-state index is 10.5. The fraction of sp³-hybridized carbons (Fsp3) is 0.429. The number of nitrogens with one attached hydrogen (secondary N) is 1. The summed E-state index contributed by atoms with van der Waals surface area (Å²) in [5, 5.41) is 3.34. The summed E-state index contributed by atoms with van der Waals surface area (Å²) in [6.07, 6.45) is 8.55. The number of allylic oxidation sites excluding steroid dienone is 5. The predicted octanol–water partition coefficient (Wildman–Crippen LogP) is 3.14. The molecule has 0 aromatic heterocycles. The zero-order valence-corrected chi connectivity index (χ0v) is 11.4. The second-order valence-electron chi connectivity index (χ2n) is 4.90. The molecule has 0 bridgehead atoms. The SMILES string of the molecule is CC1=C\C(Cl)=C([C@@H]2CCC2C)/C=N/C(NC=O)=C\1. The smallest absolute Gasteiger partial charge is 0.212 e. The first-order valence-electron chi connectivity index (χ1n) is 6.15. The summed E-state index contributed by atoms with van der Waals surface area (Å²) in [5.74, 6) is 1.69. The molecular formula is C14H17ClN2O. The van der Waals surface area contributed by atoms with E-state index < -0.39 is 0 Å². The summed E-state index contributed by atoms with van der Waals surface area (Å²) >= 11 is 6.34. The van der Waals surface area contributed by atoms with Crippen molar-refractivity contribution in [1.29, 1.82) is 0 Å². The van der Waals surface area contributed by atoms with Gasteiger partial charge in [0.05, 0.1) is 0 Å². The predicted molar refractivity (Wildman–Crippen MR) is 74.3 cm³/mol. The highest BCUT2D eigenvalue weighted by atomic mass is 35.5. The van der Waals surface area contributed by atoms with E-state index in [1.807, 2.05) is 13.0 Å². The molecule has 2 aliphatic rings. The minimum absolute atomic E-state index is 0.487. The summed E-state index contributed by atoms with van der Waals surface area (Å²) in [4.78, 5) is 14.8. The summed E-state index contributed by atoms with van der Waals surface area (Å²) in [5.41, 5.74) is 2.05. The molecule has 1 heterocycles. The van der Waals surface area contributed by atoms with Crippen LogP contribution in [0.1, 0.15) is 26.7 Å². The van der Waals surface area contributed by atoms with Crippen LogP contribution in [0.15, 0.2) is 39.1 Å². The van der Waals surface area contributed by atoms with Crippen LogP contribution < -0.4 is 5.32 Å². The molecule has 1 unspecified atom stereocenters. The van der Waals surface area contributed by atoms with Gasteiger partial charge in [0.2, 0.25) is 6.41 Å². The second-order valence-corrected chi connectivity index (χ2v) is 5.31. The van der Waals surface area contributed by atoms with E-state index in [0.29, 0.717) is 24.1 Å². The standard InChI is InChI=1S/C14H17ClN2O/c1-9-5-13(15)12(11-4-3-10(11)2)7-16-14(6-9)17-8-18/h5-8,10-11H,3-4H2,1-2H3,(H,16,17,18)/t10?,11-/m1/s1. The molecule has 1 amide bonds. The monoisotopic (exact) mass is 264 g/mol. The fourth-order valence-corrected chi connectivity index (χ4v) is 2.68. The van der Waals surface area contributed by atoms with Crippen molar-refractivity contribution in [3.8, 4) is 0 Å². The first-order chi connectivity index (χ1) is 8.61. The average molecular weight is 265 g/mol. The van der Waals surface area contributed by atoms with Crippen LogP contribution in [0.4, 0.5) is 0 Å². The molecule has 18 heavy (non-hydrogen) atoms. The Balaban J connectivity index is 2.31. The van der Waals surface area contributed by atoms with Gasteiger partial charge in [0.15, 0.2) is 0 Å². The van der Waals surface area contributed by atoms with Gasteiger partial charge >= 0.3 is 0 Å². The van der Waals surface area contributed by atoms with Crippen LogP contribution in [-0.4, -0.2) is 12.6 Å². The minimum atomic E-state index is 0.487. The quantitative estimate of drug-likeness (QED) is 0.782. The minimum Gasteiger partial charge on any atom is -0.313 e. The molecule has 0 radical (unpaired) electrons. The molecule has 0 spiro atoms. The Labute approximate surface area is 112 Å². The molecule has 96 valence electrons. The number of aliphatic imine (C=N–C) groups is 1. The van der Waals surface area contributed by atoms with Crippen LogP contribution in [0, 0.1) is 11.8 Å². The van der Waals surface area contributed by atoms with Crippen molar-refractivity contribution in [2.24, 2.45) is 16.8 Å². The van der Waals surface area contributed by atoms with Gasteiger partial charge < -0.3 is 5.32 Å². The Morgan fingerprint density at radius 2 is 2.22 bits per heavy atom. The molecule has 1 saturated carbocycles. The Kier molecular flexibility index (Phi) is 4.02. The average Bonchev–Trinajstić information content (AvgIpc) is 2.30. The van der Waals surface area contributed by atoms with Gasteiger partial charge in [0.25, 0.3) is 0 Å². The normalized spacial score (nSPS) is 39.3. The van der Waals surface area contributed by atoms with E-state index in [9.17, 15) is 4.79 Å². The van der Waals surface area contributed by atoms with Crippen molar-refractivity contribution >= 4 is 24.2 Å². The molecule has 3 nitrogen and oxygen atoms in total. The number of hydrogen-bond acceptors (Lipinski definition) is 2.